The number of fused-ring (bicyclic) bond motifs is 1. The number of hydrogen-bond acceptors (Lipinski definition) is 6. The lowest BCUT2D eigenvalue weighted by molar-refractivity contribution is 0.103. The lowest BCUT2D eigenvalue weighted by Crippen LogP contribution is -2.26. The van der Waals surface area contributed by atoms with Gasteiger partial charge in [0.1, 0.15) is 17.1 Å². The number of nitrogens with zero attached hydrogens (tertiary/aromatic N) is 1. The zero-order valence-corrected chi connectivity index (χ0v) is 23.3. The van der Waals surface area contributed by atoms with Crippen LogP contribution in [-0.2, 0) is 16.4 Å². The van der Waals surface area contributed by atoms with Gasteiger partial charge in [0.2, 0.25) is 10.0 Å². The molecule has 3 aromatic rings. The van der Waals surface area contributed by atoms with Gasteiger partial charge in [0.25, 0.3) is 0 Å². The molecule has 1 N–H and O–H groups in total. The van der Waals surface area contributed by atoms with Crippen molar-refractivity contribution >= 4 is 32.5 Å². The lowest BCUT2D eigenvalue weighted by atomic mass is 9.98. The van der Waals surface area contributed by atoms with E-state index in [2.05, 4.69) is 30.4 Å². The molecular weight excluding hydrogens is 488 g/mol. The molecule has 202 valence electrons. The van der Waals surface area contributed by atoms with Crippen molar-refractivity contribution in [2.45, 2.75) is 59.3 Å². The first-order valence-electron chi connectivity index (χ1n) is 13.3. The number of unbranched alkanes of at least 4 members (excludes halogenated alkanes) is 2. The van der Waals surface area contributed by atoms with Crippen molar-refractivity contribution in [2.75, 3.05) is 37.2 Å². The fourth-order valence-corrected chi connectivity index (χ4v) is 4.88. The van der Waals surface area contributed by atoms with E-state index in [0.717, 1.165) is 50.9 Å². The maximum atomic E-state index is 13.6. The second-order valence-electron chi connectivity index (χ2n) is 9.43. The van der Waals surface area contributed by atoms with E-state index >= 15 is 0 Å². The predicted octanol–water partition coefficient (Wildman–Crippen LogP) is 6.27. The summed E-state index contributed by atoms with van der Waals surface area (Å²) in [5.41, 5.74) is 1.98. The molecule has 8 heteroatoms. The minimum Gasteiger partial charge on any atom is -0.494 e. The number of furan rings is 1. The molecule has 0 atom stereocenters. The Labute approximate surface area is 221 Å². The van der Waals surface area contributed by atoms with Gasteiger partial charge in [-0.1, -0.05) is 33.6 Å². The van der Waals surface area contributed by atoms with Gasteiger partial charge in [-0.15, -0.1) is 0 Å². The molecule has 1 heterocycles. The molecule has 0 aliphatic carbocycles. The van der Waals surface area contributed by atoms with Gasteiger partial charge >= 0.3 is 0 Å². The van der Waals surface area contributed by atoms with Crippen LogP contribution in [0, 0.1) is 0 Å². The third kappa shape index (κ3) is 8.33. The summed E-state index contributed by atoms with van der Waals surface area (Å²) in [7, 11) is -3.45. The predicted molar refractivity (Wildman–Crippen MR) is 150 cm³/mol. The summed E-state index contributed by atoms with van der Waals surface area (Å²) in [6.07, 6.45) is 6.94. The van der Waals surface area contributed by atoms with Gasteiger partial charge in [-0.3, -0.25) is 9.52 Å². The van der Waals surface area contributed by atoms with Gasteiger partial charge in [0.15, 0.2) is 5.78 Å². The number of ketones is 1. The number of carbonyl (C=O) groups is 1. The van der Waals surface area contributed by atoms with E-state index < -0.39 is 10.0 Å². The molecule has 3 rings (SSSR count). The number of hydrogen-bond donors (Lipinski definition) is 1. The largest absolute Gasteiger partial charge is 0.494 e. The maximum Gasteiger partial charge on any atom is 0.229 e. The van der Waals surface area contributed by atoms with Crippen LogP contribution in [0.15, 0.2) is 46.9 Å². The molecule has 0 unspecified atom stereocenters. The Morgan fingerprint density at radius 3 is 2.32 bits per heavy atom. The highest BCUT2D eigenvalue weighted by molar-refractivity contribution is 7.92. The third-order valence-electron chi connectivity index (χ3n) is 6.33. The van der Waals surface area contributed by atoms with Crippen LogP contribution in [0.3, 0.4) is 0 Å². The number of rotatable bonds is 16. The van der Waals surface area contributed by atoms with Crippen LogP contribution in [0.25, 0.3) is 11.0 Å². The summed E-state index contributed by atoms with van der Waals surface area (Å²) < 4.78 is 37.9. The van der Waals surface area contributed by atoms with Crippen molar-refractivity contribution in [3.8, 4) is 5.75 Å². The average molecular weight is 529 g/mol. The molecule has 0 amide bonds. The van der Waals surface area contributed by atoms with Crippen molar-refractivity contribution in [3.05, 3.63) is 59.4 Å². The van der Waals surface area contributed by atoms with E-state index in [0.29, 0.717) is 46.6 Å². The Morgan fingerprint density at radius 1 is 0.973 bits per heavy atom. The Bertz CT molecular complexity index is 1270. The second kappa shape index (κ2) is 13.6. The monoisotopic (exact) mass is 528 g/mol. The van der Waals surface area contributed by atoms with Crippen molar-refractivity contribution in [1.82, 2.24) is 4.90 Å². The molecule has 0 radical (unpaired) electrons. The lowest BCUT2D eigenvalue weighted by Gasteiger charge is -2.19. The summed E-state index contributed by atoms with van der Waals surface area (Å²) in [5, 5.41) is 0.605. The number of aryl methyl sites for hydroxylation is 1. The molecular formula is C29H40N2O5S. The highest BCUT2D eigenvalue weighted by atomic mass is 32.2. The molecule has 37 heavy (non-hydrogen) atoms. The fourth-order valence-electron chi connectivity index (χ4n) is 4.32. The maximum absolute atomic E-state index is 13.6. The van der Waals surface area contributed by atoms with E-state index in [-0.39, 0.29) is 5.78 Å². The van der Waals surface area contributed by atoms with Crippen LogP contribution < -0.4 is 9.46 Å². The van der Waals surface area contributed by atoms with Crippen LogP contribution >= 0.6 is 0 Å². The Balaban J connectivity index is 1.75. The molecule has 2 aromatic carbocycles. The number of anilines is 1. The van der Waals surface area contributed by atoms with Gasteiger partial charge < -0.3 is 14.1 Å². The van der Waals surface area contributed by atoms with Crippen molar-refractivity contribution in [2.24, 2.45) is 0 Å². The standard InChI is InChI=1S/C29H40N2O5S/c1-5-8-11-27-28(25-21-23(30-37(4,33)34)14-17-26(25)36-27)29(32)22-12-15-24(16-13-22)35-20-10-19-31(7-3)18-9-6-2/h12-17,21,30H,5-11,18-20H2,1-4H3. The topological polar surface area (TPSA) is 88.8 Å². The Hall–Kier alpha value is -2.84. The molecule has 0 saturated carbocycles. The number of benzene rings is 2. The minimum atomic E-state index is -3.45. The zero-order valence-electron chi connectivity index (χ0n) is 22.5. The summed E-state index contributed by atoms with van der Waals surface area (Å²) >= 11 is 0. The summed E-state index contributed by atoms with van der Waals surface area (Å²) in [4.78, 5) is 16.1. The molecule has 0 bridgehead atoms. The van der Waals surface area contributed by atoms with E-state index in [1.807, 2.05) is 12.1 Å². The highest BCUT2D eigenvalue weighted by Gasteiger charge is 2.22. The summed E-state index contributed by atoms with van der Waals surface area (Å²) in [5.74, 6) is 1.21. The summed E-state index contributed by atoms with van der Waals surface area (Å²) in [6, 6.07) is 12.2. The summed E-state index contributed by atoms with van der Waals surface area (Å²) in [6.45, 7) is 10.3. The first kappa shape index (κ1) is 28.7. The highest BCUT2D eigenvalue weighted by Crippen LogP contribution is 2.32. The third-order valence-corrected chi connectivity index (χ3v) is 6.93. The van der Waals surface area contributed by atoms with Gasteiger partial charge in [0.05, 0.1) is 18.4 Å². The van der Waals surface area contributed by atoms with Crippen molar-refractivity contribution in [3.63, 3.8) is 0 Å². The smallest absolute Gasteiger partial charge is 0.229 e. The van der Waals surface area contributed by atoms with Crippen LogP contribution in [0.1, 0.15) is 74.6 Å². The molecule has 7 nitrogen and oxygen atoms in total. The average Bonchev–Trinajstić information content (AvgIpc) is 3.23. The zero-order chi connectivity index (χ0) is 26.8. The number of carbonyl (C=O) groups excluding carboxylic acids is 1. The van der Waals surface area contributed by atoms with Gasteiger partial charge in [-0.05, 0) is 74.8 Å². The molecule has 0 spiro atoms. The quantitative estimate of drug-likeness (QED) is 0.174. The number of sulfonamides is 1. The first-order valence-corrected chi connectivity index (χ1v) is 15.2. The van der Waals surface area contributed by atoms with Crippen molar-refractivity contribution in [1.29, 1.82) is 0 Å². The van der Waals surface area contributed by atoms with E-state index in [9.17, 15) is 13.2 Å². The molecule has 0 aliphatic rings. The van der Waals surface area contributed by atoms with Crippen LogP contribution in [0.5, 0.6) is 5.75 Å². The SMILES string of the molecule is CCCCc1oc2ccc(NS(C)(=O)=O)cc2c1C(=O)c1ccc(OCCCN(CC)CCCC)cc1. The van der Waals surface area contributed by atoms with Gasteiger partial charge in [0, 0.05) is 29.6 Å². The number of ether oxygens (including phenoxy) is 1. The van der Waals surface area contributed by atoms with E-state index in [4.69, 9.17) is 9.15 Å². The van der Waals surface area contributed by atoms with E-state index in [1.165, 1.54) is 12.8 Å². The van der Waals surface area contributed by atoms with Crippen LogP contribution in [0.2, 0.25) is 0 Å². The molecule has 1 aromatic heterocycles. The first-order chi connectivity index (χ1) is 17.8. The molecule has 0 saturated heterocycles. The van der Waals surface area contributed by atoms with E-state index in [1.54, 1.807) is 30.3 Å². The van der Waals surface area contributed by atoms with Crippen LogP contribution in [-0.4, -0.2) is 51.6 Å². The Morgan fingerprint density at radius 2 is 1.68 bits per heavy atom. The van der Waals surface area contributed by atoms with Crippen molar-refractivity contribution < 1.29 is 22.4 Å². The van der Waals surface area contributed by atoms with Gasteiger partial charge in [-0.25, -0.2) is 8.42 Å². The normalized spacial score (nSPS) is 11.8. The fraction of sp³-hybridized carbons (Fsp3) is 0.483. The van der Waals surface area contributed by atoms with Gasteiger partial charge in [-0.2, -0.15) is 0 Å². The molecule has 0 aliphatic heterocycles. The number of nitrogens with one attached hydrogen (secondary N) is 1. The minimum absolute atomic E-state index is 0.151. The molecule has 0 fully saturated rings. The van der Waals surface area contributed by atoms with Crippen LogP contribution in [0.4, 0.5) is 5.69 Å². The second-order valence-corrected chi connectivity index (χ2v) is 11.2. The Kier molecular flexibility index (Phi) is 10.6.